The Morgan fingerprint density at radius 2 is 2.04 bits per heavy atom. The highest BCUT2D eigenvalue weighted by Gasteiger charge is 2.30. The van der Waals surface area contributed by atoms with Crippen molar-refractivity contribution in [2.45, 2.75) is 6.18 Å². The Labute approximate surface area is 129 Å². The molecule has 0 spiro atoms. The molecule has 0 aliphatic carbocycles. The van der Waals surface area contributed by atoms with E-state index >= 15 is 0 Å². The Hall–Kier alpha value is -3.01. The first-order valence-corrected chi connectivity index (χ1v) is 6.46. The summed E-state index contributed by atoms with van der Waals surface area (Å²) < 4.78 is 43.5. The number of hydrogen-bond donors (Lipinski definition) is 1. The Kier molecular flexibility index (Phi) is 4.55. The van der Waals surface area contributed by atoms with Crippen molar-refractivity contribution in [2.24, 2.45) is 0 Å². The molecule has 0 aliphatic heterocycles. The number of likely N-dealkylation sites (N-methyl/N-ethyl adjacent to an activating group) is 1. The fourth-order valence-corrected chi connectivity index (χ4v) is 1.86. The Morgan fingerprint density at radius 1 is 1.30 bits per heavy atom. The van der Waals surface area contributed by atoms with Crippen LogP contribution in [0.1, 0.15) is 11.3 Å². The number of carbonyl (C=O) groups is 1. The average Bonchev–Trinajstić information content (AvgIpc) is 3.00. The first kappa shape index (κ1) is 16.4. The highest BCUT2D eigenvalue weighted by molar-refractivity contribution is 6.01. The molecule has 0 unspecified atom stereocenters. The van der Waals surface area contributed by atoms with Gasteiger partial charge in [-0.25, -0.2) is 0 Å². The lowest BCUT2D eigenvalue weighted by molar-refractivity contribution is -0.137. The fraction of sp³-hybridized carbons (Fsp3) is 0.125. The van der Waals surface area contributed by atoms with Gasteiger partial charge in [0.15, 0.2) is 0 Å². The van der Waals surface area contributed by atoms with E-state index in [-0.39, 0.29) is 22.7 Å². The Morgan fingerprint density at radius 3 is 2.65 bits per heavy atom. The van der Waals surface area contributed by atoms with Gasteiger partial charge in [-0.15, -0.1) is 0 Å². The lowest BCUT2D eigenvalue weighted by atomic mass is 10.1. The molecule has 7 heteroatoms. The SMILES string of the molecule is CNC(=O)/C(C#N)=C\c1ccc(-c2cccc(C(F)(F)F)c2)o1. The van der Waals surface area contributed by atoms with Crippen molar-refractivity contribution in [2.75, 3.05) is 7.05 Å². The van der Waals surface area contributed by atoms with Gasteiger partial charge < -0.3 is 9.73 Å². The fourth-order valence-electron chi connectivity index (χ4n) is 1.86. The molecule has 1 aromatic heterocycles. The summed E-state index contributed by atoms with van der Waals surface area (Å²) in [5, 5.41) is 11.2. The molecule has 0 radical (unpaired) electrons. The lowest BCUT2D eigenvalue weighted by Crippen LogP contribution is -2.18. The highest BCUT2D eigenvalue weighted by Crippen LogP contribution is 2.32. The van der Waals surface area contributed by atoms with Gasteiger partial charge in [-0.2, -0.15) is 18.4 Å². The van der Waals surface area contributed by atoms with Crippen LogP contribution < -0.4 is 5.32 Å². The minimum atomic E-state index is -4.45. The third-order valence-electron chi connectivity index (χ3n) is 2.98. The summed E-state index contributed by atoms with van der Waals surface area (Å²) in [4.78, 5) is 11.4. The summed E-state index contributed by atoms with van der Waals surface area (Å²) in [6.07, 6.45) is -3.23. The summed E-state index contributed by atoms with van der Waals surface area (Å²) in [7, 11) is 1.38. The van der Waals surface area contributed by atoms with Crippen LogP contribution in [0.25, 0.3) is 17.4 Å². The number of benzene rings is 1. The number of amides is 1. The van der Waals surface area contributed by atoms with Crippen LogP contribution in [0.3, 0.4) is 0 Å². The number of carbonyl (C=O) groups excluding carboxylic acids is 1. The molecule has 2 aromatic rings. The van der Waals surface area contributed by atoms with Crippen molar-refractivity contribution in [3.8, 4) is 17.4 Å². The highest BCUT2D eigenvalue weighted by atomic mass is 19.4. The van der Waals surface area contributed by atoms with Crippen LogP contribution in [0.5, 0.6) is 0 Å². The van der Waals surface area contributed by atoms with Gasteiger partial charge in [0.1, 0.15) is 23.2 Å². The van der Waals surface area contributed by atoms with Gasteiger partial charge in [0.05, 0.1) is 5.56 Å². The van der Waals surface area contributed by atoms with E-state index in [4.69, 9.17) is 9.68 Å². The van der Waals surface area contributed by atoms with E-state index in [1.54, 1.807) is 6.07 Å². The third-order valence-corrected chi connectivity index (χ3v) is 2.98. The van der Waals surface area contributed by atoms with Crippen molar-refractivity contribution in [3.05, 3.63) is 53.3 Å². The molecule has 1 heterocycles. The van der Waals surface area contributed by atoms with Gasteiger partial charge in [0.25, 0.3) is 5.91 Å². The van der Waals surface area contributed by atoms with E-state index in [9.17, 15) is 18.0 Å². The molecule has 0 saturated carbocycles. The van der Waals surface area contributed by atoms with E-state index in [0.29, 0.717) is 0 Å². The van der Waals surface area contributed by atoms with Crippen molar-refractivity contribution in [3.63, 3.8) is 0 Å². The predicted octanol–water partition coefficient (Wildman–Crippen LogP) is 3.62. The van der Waals surface area contributed by atoms with E-state index in [2.05, 4.69) is 5.32 Å². The molecule has 1 N–H and O–H groups in total. The monoisotopic (exact) mass is 320 g/mol. The normalized spacial score (nSPS) is 11.9. The molecular weight excluding hydrogens is 309 g/mol. The van der Waals surface area contributed by atoms with Gasteiger partial charge in [0.2, 0.25) is 0 Å². The molecule has 2 rings (SSSR count). The quantitative estimate of drug-likeness (QED) is 0.694. The maximum atomic E-state index is 12.7. The second-order valence-corrected chi connectivity index (χ2v) is 4.53. The summed E-state index contributed by atoms with van der Waals surface area (Å²) in [5.74, 6) is -0.182. The largest absolute Gasteiger partial charge is 0.457 e. The van der Waals surface area contributed by atoms with E-state index in [0.717, 1.165) is 12.1 Å². The van der Waals surface area contributed by atoms with Crippen LogP contribution in [0, 0.1) is 11.3 Å². The number of nitriles is 1. The second kappa shape index (κ2) is 6.40. The predicted molar refractivity (Wildman–Crippen MR) is 76.8 cm³/mol. The second-order valence-electron chi connectivity index (χ2n) is 4.53. The summed E-state index contributed by atoms with van der Waals surface area (Å²) in [5.41, 5.74) is -0.707. The first-order valence-electron chi connectivity index (χ1n) is 6.46. The third kappa shape index (κ3) is 3.80. The van der Waals surface area contributed by atoms with Gasteiger partial charge in [0, 0.05) is 18.7 Å². The lowest BCUT2D eigenvalue weighted by Gasteiger charge is -2.07. The van der Waals surface area contributed by atoms with Crippen LogP contribution in [-0.4, -0.2) is 13.0 Å². The summed E-state index contributed by atoms with van der Waals surface area (Å²) in [6.45, 7) is 0. The molecule has 23 heavy (non-hydrogen) atoms. The zero-order valence-corrected chi connectivity index (χ0v) is 11.9. The molecule has 4 nitrogen and oxygen atoms in total. The summed E-state index contributed by atoms with van der Waals surface area (Å²) in [6, 6.07) is 9.35. The van der Waals surface area contributed by atoms with E-state index in [1.165, 1.54) is 37.4 Å². The van der Waals surface area contributed by atoms with Gasteiger partial charge >= 0.3 is 6.18 Å². The van der Waals surface area contributed by atoms with Crippen LogP contribution in [0.15, 0.2) is 46.4 Å². The number of nitrogens with one attached hydrogen (secondary N) is 1. The molecule has 0 aliphatic rings. The molecule has 1 amide bonds. The molecule has 0 saturated heterocycles. The number of rotatable bonds is 3. The molecule has 0 bridgehead atoms. The minimum absolute atomic E-state index is 0.169. The van der Waals surface area contributed by atoms with Crippen molar-refractivity contribution in [1.82, 2.24) is 5.32 Å². The Bertz CT molecular complexity index is 798. The zero-order valence-electron chi connectivity index (χ0n) is 11.9. The van der Waals surface area contributed by atoms with Crippen LogP contribution in [-0.2, 0) is 11.0 Å². The van der Waals surface area contributed by atoms with Gasteiger partial charge in [-0.3, -0.25) is 4.79 Å². The standard InChI is InChI=1S/C16H11F3N2O2/c1-21-15(22)11(9-20)8-13-5-6-14(23-13)10-3-2-4-12(7-10)16(17,18)19/h2-8H,1H3,(H,21,22)/b11-8-. The maximum Gasteiger partial charge on any atom is 0.416 e. The molecule has 0 atom stereocenters. The van der Waals surface area contributed by atoms with E-state index in [1.807, 2.05) is 0 Å². The number of furan rings is 1. The van der Waals surface area contributed by atoms with Crippen molar-refractivity contribution >= 4 is 12.0 Å². The van der Waals surface area contributed by atoms with Crippen LogP contribution in [0.4, 0.5) is 13.2 Å². The number of halogens is 3. The van der Waals surface area contributed by atoms with E-state index < -0.39 is 17.6 Å². The number of hydrogen-bond acceptors (Lipinski definition) is 3. The van der Waals surface area contributed by atoms with Crippen molar-refractivity contribution < 1.29 is 22.4 Å². The van der Waals surface area contributed by atoms with Gasteiger partial charge in [-0.1, -0.05) is 12.1 Å². The smallest absolute Gasteiger partial charge is 0.416 e. The van der Waals surface area contributed by atoms with Gasteiger partial charge in [-0.05, 0) is 24.3 Å². The molecule has 0 fully saturated rings. The van der Waals surface area contributed by atoms with Crippen LogP contribution >= 0.6 is 0 Å². The van der Waals surface area contributed by atoms with Crippen LogP contribution in [0.2, 0.25) is 0 Å². The Balaban J connectivity index is 2.35. The maximum absolute atomic E-state index is 12.7. The number of nitrogens with zero attached hydrogens (tertiary/aromatic N) is 1. The zero-order chi connectivity index (χ0) is 17.0. The molecular formula is C16H11F3N2O2. The average molecular weight is 320 g/mol. The summed E-state index contributed by atoms with van der Waals surface area (Å²) >= 11 is 0. The first-order chi connectivity index (χ1) is 10.8. The molecule has 1 aromatic carbocycles. The topological polar surface area (TPSA) is 66.0 Å². The van der Waals surface area contributed by atoms with Crippen molar-refractivity contribution in [1.29, 1.82) is 5.26 Å². The minimum Gasteiger partial charge on any atom is -0.457 e. The number of alkyl halides is 3. The molecule has 118 valence electrons.